The second-order valence-corrected chi connectivity index (χ2v) is 11.8. The van der Waals surface area contributed by atoms with Crippen LogP contribution in [-0.2, 0) is 9.53 Å². The van der Waals surface area contributed by atoms with Crippen LogP contribution in [-0.4, -0.2) is 63.6 Å². The van der Waals surface area contributed by atoms with Crippen LogP contribution in [0, 0.1) is 35.0 Å². The summed E-state index contributed by atoms with van der Waals surface area (Å²) >= 11 is 0. The summed E-state index contributed by atoms with van der Waals surface area (Å²) in [6.07, 6.45) is 3.95. The van der Waals surface area contributed by atoms with E-state index in [4.69, 9.17) is 4.74 Å². The Morgan fingerprint density at radius 1 is 1.16 bits per heavy atom. The molecule has 1 aromatic carbocycles. The van der Waals surface area contributed by atoms with Crippen LogP contribution >= 0.6 is 0 Å². The number of hydrogen-bond donors (Lipinski definition) is 0. The number of carbonyl (C=O) groups is 3. The maximum Gasteiger partial charge on any atom is 0.410 e. The quantitative estimate of drug-likeness (QED) is 0.556. The zero-order chi connectivity index (χ0) is 26.9. The molecular formula is C29H33N5O4. The van der Waals surface area contributed by atoms with E-state index in [0.717, 1.165) is 19.3 Å². The van der Waals surface area contributed by atoms with E-state index in [2.05, 4.69) is 31.8 Å². The number of hydrogen-bond acceptors (Lipinski definition) is 6. The topological polar surface area (TPSA) is 107 Å². The minimum absolute atomic E-state index is 0.0374. The first-order chi connectivity index (χ1) is 18.2. The molecule has 1 aliphatic carbocycles. The average molecular weight is 516 g/mol. The number of ether oxygens (including phenoxy) is 1. The van der Waals surface area contributed by atoms with Gasteiger partial charge in [0.2, 0.25) is 0 Å². The Bertz CT molecular complexity index is 1370. The monoisotopic (exact) mass is 515 g/mol. The number of urea groups is 1. The number of nitriles is 1. The SMILES string of the molecule is CC(C)[C@H]1CC[C@H](C)C[C@@H]1OC(=O)N1CC2[C@@H](C)C1[C@@H]1C(=O)N(c3cnc(C#N)c4ccccc34)C(=O)N21. The Hall–Kier alpha value is -3.67. The van der Waals surface area contributed by atoms with E-state index in [1.807, 2.05) is 6.92 Å². The van der Waals surface area contributed by atoms with Crippen molar-refractivity contribution in [3.63, 3.8) is 0 Å². The van der Waals surface area contributed by atoms with E-state index >= 15 is 0 Å². The third-order valence-electron chi connectivity index (χ3n) is 9.32. The maximum absolute atomic E-state index is 13.9. The summed E-state index contributed by atoms with van der Waals surface area (Å²) in [6, 6.07) is 7.36. The van der Waals surface area contributed by atoms with Crippen molar-refractivity contribution in [1.29, 1.82) is 5.26 Å². The summed E-state index contributed by atoms with van der Waals surface area (Å²) in [5.41, 5.74) is 0.601. The fourth-order valence-corrected chi connectivity index (χ4v) is 7.35. The standard InChI is InChI=1S/C29H33N5O4/c1-15(2)18-10-9-16(3)11-24(18)38-29(37)32-14-23-17(4)25(32)26-27(35)34(28(36)33(23)26)22-13-31-21(12-30)19-7-5-6-8-20(19)22/h5-8,13,15-18,23-26H,9-11,14H2,1-4H3/t16-,17+,18+,23?,24-,25?,26+/m0/s1. The van der Waals surface area contributed by atoms with Crippen LogP contribution in [0.25, 0.3) is 10.8 Å². The van der Waals surface area contributed by atoms with Crippen molar-refractivity contribution in [3.8, 4) is 6.07 Å². The van der Waals surface area contributed by atoms with Gasteiger partial charge in [-0.25, -0.2) is 19.5 Å². The molecule has 2 aromatic rings. The predicted molar refractivity (Wildman–Crippen MR) is 140 cm³/mol. The predicted octanol–water partition coefficient (Wildman–Crippen LogP) is 4.54. The van der Waals surface area contributed by atoms with Crippen LogP contribution in [0.4, 0.5) is 15.3 Å². The highest BCUT2D eigenvalue weighted by molar-refractivity contribution is 6.25. The minimum Gasteiger partial charge on any atom is -0.446 e. The molecule has 9 heteroatoms. The van der Waals surface area contributed by atoms with Crippen LogP contribution in [0.5, 0.6) is 0 Å². The molecule has 4 fully saturated rings. The molecule has 198 valence electrons. The van der Waals surface area contributed by atoms with Crippen molar-refractivity contribution in [2.24, 2.45) is 23.7 Å². The first-order valence-corrected chi connectivity index (χ1v) is 13.6. The van der Waals surface area contributed by atoms with E-state index in [0.29, 0.717) is 40.8 Å². The Morgan fingerprint density at radius 3 is 2.61 bits per heavy atom. The third-order valence-corrected chi connectivity index (χ3v) is 9.32. The number of rotatable bonds is 3. The summed E-state index contributed by atoms with van der Waals surface area (Å²) in [5.74, 6) is 0.847. The fraction of sp³-hybridized carbons (Fsp3) is 0.552. The summed E-state index contributed by atoms with van der Waals surface area (Å²) in [4.78, 5) is 49.8. The molecule has 4 aliphatic rings. The first kappa shape index (κ1) is 24.7. The molecule has 9 nitrogen and oxygen atoms in total. The Kier molecular flexibility index (Phi) is 5.82. The van der Waals surface area contributed by atoms with Gasteiger partial charge in [-0.05, 0) is 30.6 Å². The van der Waals surface area contributed by atoms with Crippen molar-refractivity contribution in [2.75, 3.05) is 11.4 Å². The molecule has 0 radical (unpaired) electrons. The molecule has 0 N–H and O–H groups in total. The zero-order valence-corrected chi connectivity index (χ0v) is 22.2. The largest absolute Gasteiger partial charge is 0.446 e. The third kappa shape index (κ3) is 3.49. The van der Waals surface area contributed by atoms with E-state index in [-0.39, 0.29) is 35.8 Å². The molecule has 3 saturated heterocycles. The van der Waals surface area contributed by atoms with Gasteiger partial charge in [-0.1, -0.05) is 58.4 Å². The number of amides is 4. The molecule has 2 unspecified atom stereocenters. The number of benzene rings is 1. The number of piperazine rings is 1. The summed E-state index contributed by atoms with van der Waals surface area (Å²) in [6.45, 7) is 8.92. The smallest absolute Gasteiger partial charge is 0.410 e. The Labute approximate surface area is 222 Å². The van der Waals surface area contributed by atoms with Gasteiger partial charge in [-0.3, -0.25) is 4.79 Å². The van der Waals surface area contributed by atoms with Gasteiger partial charge in [0.1, 0.15) is 23.9 Å². The Balaban J connectivity index is 1.28. The second kappa shape index (κ2) is 8.97. The van der Waals surface area contributed by atoms with Crippen molar-refractivity contribution in [3.05, 3.63) is 36.2 Å². The maximum atomic E-state index is 13.9. The highest BCUT2D eigenvalue weighted by Crippen LogP contribution is 2.47. The van der Waals surface area contributed by atoms with E-state index in [1.165, 1.54) is 11.1 Å². The highest BCUT2D eigenvalue weighted by Gasteiger charge is 2.66. The first-order valence-electron chi connectivity index (χ1n) is 13.6. The molecule has 6 rings (SSSR count). The molecule has 1 saturated carbocycles. The second-order valence-electron chi connectivity index (χ2n) is 11.8. The van der Waals surface area contributed by atoms with E-state index < -0.39 is 18.1 Å². The molecule has 3 aliphatic heterocycles. The number of pyridine rings is 1. The van der Waals surface area contributed by atoms with Crippen LogP contribution in [0.3, 0.4) is 0 Å². The molecule has 1 aromatic heterocycles. The number of fused-ring (bicyclic) bond motifs is 6. The van der Waals surface area contributed by atoms with Crippen molar-refractivity contribution in [1.82, 2.24) is 14.8 Å². The van der Waals surface area contributed by atoms with Gasteiger partial charge in [-0.2, -0.15) is 5.26 Å². The van der Waals surface area contributed by atoms with Crippen LogP contribution in [0.15, 0.2) is 30.5 Å². The summed E-state index contributed by atoms with van der Waals surface area (Å²) in [7, 11) is 0. The van der Waals surface area contributed by atoms with Crippen molar-refractivity contribution >= 4 is 34.5 Å². The average Bonchev–Trinajstić information content (AvgIpc) is 3.47. The lowest BCUT2D eigenvalue weighted by Crippen LogP contribution is -2.55. The summed E-state index contributed by atoms with van der Waals surface area (Å²) < 4.78 is 6.14. The molecular weight excluding hydrogens is 482 g/mol. The van der Waals surface area contributed by atoms with Gasteiger partial charge in [0.15, 0.2) is 0 Å². The Morgan fingerprint density at radius 2 is 1.89 bits per heavy atom. The van der Waals surface area contributed by atoms with E-state index in [1.54, 1.807) is 34.1 Å². The van der Waals surface area contributed by atoms with Gasteiger partial charge >= 0.3 is 12.1 Å². The van der Waals surface area contributed by atoms with E-state index in [9.17, 15) is 19.6 Å². The minimum atomic E-state index is -0.760. The number of nitrogens with zero attached hydrogens (tertiary/aromatic N) is 5. The molecule has 7 atom stereocenters. The van der Waals surface area contributed by atoms with Crippen molar-refractivity contribution < 1.29 is 19.1 Å². The van der Waals surface area contributed by atoms with Gasteiger partial charge in [0.25, 0.3) is 5.91 Å². The molecule has 38 heavy (non-hydrogen) atoms. The van der Waals surface area contributed by atoms with Crippen LogP contribution in [0.1, 0.15) is 52.7 Å². The lowest BCUT2D eigenvalue weighted by atomic mass is 9.75. The fourth-order valence-electron chi connectivity index (χ4n) is 7.35. The number of carbonyl (C=O) groups excluding carboxylic acids is 3. The number of imide groups is 1. The number of aromatic nitrogens is 1. The lowest BCUT2D eigenvalue weighted by Gasteiger charge is -2.39. The molecule has 2 bridgehead atoms. The van der Waals surface area contributed by atoms with Gasteiger partial charge in [0.05, 0.1) is 24.0 Å². The lowest BCUT2D eigenvalue weighted by molar-refractivity contribution is -0.121. The zero-order valence-electron chi connectivity index (χ0n) is 22.2. The normalized spacial score (nSPS) is 32.3. The van der Waals surface area contributed by atoms with Gasteiger partial charge < -0.3 is 14.5 Å². The van der Waals surface area contributed by atoms with Crippen molar-refractivity contribution in [2.45, 2.75) is 71.2 Å². The van der Waals surface area contributed by atoms with Gasteiger partial charge in [-0.15, -0.1) is 0 Å². The molecule has 4 heterocycles. The van der Waals surface area contributed by atoms with Crippen LogP contribution in [0.2, 0.25) is 0 Å². The highest BCUT2D eigenvalue weighted by atomic mass is 16.6. The van der Waals surface area contributed by atoms with Gasteiger partial charge in [0, 0.05) is 23.2 Å². The summed E-state index contributed by atoms with van der Waals surface area (Å²) in [5, 5.41) is 10.7. The molecule has 4 amide bonds. The van der Waals surface area contributed by atoms with Crippen LogP contribution < -0.4 is 4.90 Å². The molecule has 0 spiro atoms. The number of likely N-dealkylation sites (tertiary alicyclic amines) is 1. The number of anilines is 1.